The topological polar surface area (TPSA) is 67.4 Å². The van der Waals surface area contributed by atoms with Crippen molar-refractivity contribution in [3.63, 3.8) is 0 Å². The number of halogens is 1. The molecule has 1 atom stereocenters. The number of rotatable bonds is 8. The van der Waals surface area contributed by atoms with Crippen molar-refractivity contribution in [2.45, 2.75) is 19.0 Å². The van der Waals surface area contributed by atoms with Crippen LogP contribution in [0.5, 0.6) is 5.75 Å². The molecule has 0 saturated heterocycles. The molecule has 3 rings (SSSR count). The van der Waals surface area contributed by atoms with E-state index in [1.807, 2.05) is 54.6 Å². The lowest BCUT2D eigenvalue weighted by atomic mass is 10.0. The number of hydrogen-bond acceptors (Lipinski definition) is 3. The number of hydrogen-bond donors (Lipinski definition) is 2. The fraction of sp³-hybridized carbons (Fsp3) is 0.167. The van der Waals surface area contributed by atoms with Gasteiger partial charge in [0.05, 0.1) is 30.2 Å². The number of nitrogens with one attached hydrogen (secondary N) is 2. The van der Waals surface area contributed by atoms with Crippen LogP contribution >= 0.6 is 11.6 Å². The molecule has 3 aromatic carbocycles. The maximum atomic E-state index is 12.7. The first kappa shape index (κ1) is 21.4. The molecule has 1 unspecified atom stereocenters. The van der Waals surface area contributed by atoms with Gasteiger partial charge in [0.15, 0.2) is 0 Å². The number of ether oxygens (including phenoxy) is 1. The van der Waals surface area contributed by atoms with Crippen LogP contribution in [-0.2, 0) is 11.3 Å². The first-order chi connectivity index (χ1) is 14.6. The Morgan fingerprint density at radius 1 is 0.933 bits per heavy atom. The van der Waals surface area contributed by atoms with Gasteiger partial charge in [-0.15, -0.1) is 0 Å². The van der Waals surface area contributed by atoms with Crippen molar-refractivity contribution in [3.05, 3.63) is 101 Å². The summed E-state index contributed by atoms with van der Waals surface area (Å²) in [6.07, 6.45) is 0.0926. The van der Waals surface area contributed by atoms with Crippen LogP contribution in [0.15, 0.2) is 78.9 Å². The Labute approximate surface area is 181 Å². The molecule has 0 aliphatic rings. The van der Waals surface area contributed by atoms with Gasteiger partial charge in [-0.25, -0.2) is 0 Å². The van der Waals surface area contributed by atoms with E-state index in [0.29, 0.717) is 22.9 Å². The zero-order valence-electron chi connectivity index (χ0n) is 16.6. The molecule has 2 N–H and O–H groups in total. The molecule has 0 aromatic heterocycles. The molecule has 2 amide bonds. The first-order valence-corrected chi connectivity index (χ1v) is 9.95. The van der Waals surface area contributed by atoms with Crippen molar-refractivity contribution in [2.75, 3.05) is 7.11 Å². The van der Waals surface area contributed by atoms with Crippen LogP contribution in [0.4, 0.5) is 0 Å². The molecule has 0 heterocycles. The second kappa shape index (κ2) is 10.5. The van der Waals surface area contributed by atoms with E-state index in [4.69, 9.17) is 16.3 Å². The van der Waals surface area contributed by atoms with Gasteiger partial charge in [-0.1, -0.05) is 72.3 Å². The van der Waals surface area contributed by atoms with E-state index in [1.165, 1.54) is 0 Å². The fourth-order valence-electron chi connectivity index (χ4n) is 3.12. The molecule has 0 saturated carbocycles. The summed E-state index contributed by atoms with van der Waals surface area (Å²) in [5, 5.41) is 6.20. The number of amides is 2. The molecule has 5 nitrogen and oxygen atoms in total. The van der Waals surface area contributed by atoms with Crippen LogP contribution < -0.4 is 15.4 Å². The predicted molar refractivity (Wildman–Crippen MR) is 118 cm³/mol. The van der Waals surface area contributed by atoms with Gasteiger partial charge in [0.2, 0.25) is 5.91 Å². The molecular formula is C24H23ClN2O3. The third-order valence-corrected chi connectivity index (χ3v) is 5.01. The Morgan fingerprint density at radius 2 is 1.60 bits per heavy atom. The van der Waals surface area contributed by atoms with E-state index in [-0.39, 0.29) is 18.2 Å². The monoisotopic (exact) mass is 422 g/mol. The smallest absolute Gasteiger partial charge is 0.253 e. The number of carbonyl (C=O) groups excluding carboxylic acids is 2. The summed E-state index contributed by atoms with van der Waals surface area (Å²) in [6, 6.07) is 23.2. The summed E-state index contributed by atoms with van der Waals surface area (Å²) in [5.41, 5.74) is 2.09. The van der Waals surface area contributed by atoms with Crippen LogP contribution in [0.2, 0.25) is 5.02 Å². The van der Waals surface area contributed by atoms with Crippen LogP contribution in [0.1, 0.15) is 33.9 Å². The molecule has 0 fully saturated rings. The Bertz CT molecular complexity index is 1010. The maximum Gasteiger partial charge on any atom is 0.253 e. The molecule has 0 spiro atoms. The molecular weight excluding hydrogens is 400 g/mol. The third kappa shape index (κ3) is 5.61. The Morgan fingerprint density at radius 3 is 2.33 bits per heavy atom. The minimum absolute atomic E-state index is 0.0926. The van der Waals surface area contributed by atoms with Crippen LogP contribution in [-0.4, -0.2) is 18.9 Å². The summed E-state index contributed by atoms with van der Waals surface area (Å²) in [7, 11) is 1.59. The Balaban J connectivity index is 1.71. The van der Waals surface area contributed by atoms with Crippen molar-refractivity contribution in [2.24, 2.45) is 0 Å². The fourth-order valence-corrected chi connectivity index (χ4v) is 3.34. The van der Waals surface area contributed by atoms with Crippen LogP contribution in [0.3, 0.4) is 0 Å². The molecule has 0 aliphatic heterocycles. The van der Waals surface area contributed by atoms with Gasteiger partial charge >= 0.3 is 0 Å². The second-order valence-electron chi connectivity index (χ2n) is 6.71. The maximum absolute atomic E-state index is 12.7. The quantitative estimate of drug-likeness (QED) is 0.560. The van der Waals surface area contributed by atoms with E-state index in [0.717, 1.165) is 11.1 Å². The first-order valence-electron chi connectivity index (χ1n) is 9.57. The number of benzene rings is 3. The highest BCUT2D eigenvalue weighted by Crippen LogP contribution is 2.21. The molecule has 0 bridgehead atoms. The van der Waals surface area contributed by atoms with Gasteiger partial charge in [-0.05, 0) is 23.8 Å². The minimum Gasteiger partial charge on any atom is -0.496 e. The summed E-state index contributed by atoms with van der Waals surface area (Å²) in [6.45, 7) is 0.336. The lowest BCUT2D eigenvalue weighted by molar-refractivity contribution is -0.121. The van der Waals surface area contributed by atoms with E-state index >= 15 is 0 Å². The van der Waals surface area contributed by atoms with E-state index < -0.39 is 6.04 Å². The van der Waals surface area contributed by atoms with Crippen molar-refractivity contribution < 1.29 is 14.3 Å². The summed E-state index contributed by atoms with van der Waals surface area (Å²) >= 11 is 6.15. The highest BCUT2D eigenvalue weighted by Gasteiger charge is 2.20. The molecule has 0 aliphatic carbocycles. The second-order valence-corrected chi connectivity index (χ2v) is 7.12. The van der Waals surface area contributed by atoms with Gasteiger partial charge < -0.3 is 15.4 Å². The van der Waals surface area contributed by atoms with E-state index in [9.17, 15) is 9.59 Å². The van der Waals surface area contributed by atoms with Gasteiger partial charge in [-0.3, -0.25) is 9.59 Å². The zero-order chi connectivity index (χ0) is 21.3. The highest BCUT2D eigenvalue weighted by atomic mass is 35.5. The molecule has 3 aromatic rings. The largest absolute Gasteiger partial charge is 0.496 e. The van der Waals surface area contributed by atoms with Gasteiger partial charge in [-0.2, -0.15) is 0 Å². The lowest BCUT2D eigenvalue weighted by Gasteiger charge is -2.20. The number of para-hydroxylation sites is 1. The average molecular weight is 423 g/mol. The van der Waals surface area contributed by atoms with Crippen LogP contribution in [0, 0.1) is 0 Å². The van der Waals surface area contributed by atoms with E-state index in [2.05, 4.69) is 10.6 Å². The molecule has 30 heavy (non-hydrogen) atoms. The molecule has 0 radical (unpaired) electrons. The summed E-state index contributed by atoms with van der Waals surface area (Å²) < 4.78 is 5.32. The third-order valence-electron chi connectivity index (χ3n) is 4.68. The van der Waals surface area contributed by atoms with Crippen molar-refractivity contribution >= 4 is 23.4 Å². The zero-order valence-corrected chi connectivity index (χ0v) is 17.4. The SMILES string of the molecule is COc1ccccc1CNC(=O)CC(NC(=O)c1ccccc1Cl)c1ccccc1. The summed E-state index contributed by atoms with van der Waals surface area (Å²) in [5.74, 6) is 0.200. The normalized spacial score (nSPS) is 11.4. The predicted octanol–water partition coefficient (Wildman–Crippen LogP) is 4.53. The van der Waals surface area contributed by atoms with Crippen LogP contribution in [0.25, 0.3) is 0 Å². The van der Waals surface area contributed by atoms with Gasteiger partial charge in [0.25, 0.3) is 5.91 Å². The van der Waals surface area contributed by atoms with Gasteiger partial charge in [0.1, 0.15) is 5.75 Å². The molecule has 154 valence electrons. The van der Waals surface area contributed by atoms with Crippen molar-refractivity contribution in [3.8, 4) is 5.75 Å². The number of carbonyl (C=O) groups is 2. The Hall–Kier alpha value is -3.31. The van der Waals surface area contributed by atoms with Crippen molar-refractivity contribution in [1.29, 1.82) is 0 Å². The number of methoxy groups -OCH3 is 1. The van der Waals surface area contributed by atoms with Gasteiger partial charge in [0, 0.05) is 12.1 Å². The Kier molecular flexibility index (Phi) is 7.46. The average Bonchev–Trinajstić information content (AvgIpc) is 2.78. The molecule has 6 heteroatoms. The van der Waals surface area contributed by atoms with E-state index in [1.54, 1.807) is 31.4 Å². The summed E-state index contributed by atoms with van der Waals surface area (Å²) in [4.78, 5) is 25.4. The van der Waals surface area contributed by atoms with Crippen molar-refractivity contribution in [1.82, 2.24) is 10.6 Å². The standard InChI is InChI=1S/C24H23ClN2O3/c1-30-22-14-8-5-11-18(22)16-26-23(28)15-21(17-9-3-2-4-10-17)27-24(29)19-12-6-7-13-20(19)25/h2-14,21H,15-16H2,1H3,(H,26,28)(H,27,29). The minimum atomic E-state index is -0.493. The highest BCUT2D eigenvalue weighted by molar-refractivity contribution is 6.33. The lowest BCUT2D eigenvalue weighted by Crippen LogP contribution is -2.33.